The van der Waals surface area contributed by atoms with Crippen molar-refractivity contribution in [1.29, 1.82) is 0 Å². The van der Waals surface area contributed by atoms with E-state index in [2.05, 4.69) is 68.8 Å². The summed E-state index contributed by atoms with van der Waals surface area (Å²) in [6.07, 6.45) is 4.40. The number of nitrogens with zero attached hydrogens (tertiary/aromatic N) is 4. The molecule has 1 heterocycles. The van der Waals surface area contributed by atoms with Gasteiger partial charge in [-0.1, -0.05) is 67.2 Å². The largest absolute Gasteiger partial charge is 0.298 e. The Bertz CT molecular complexity index is 551. The summed E-state index contributed by atoms with van der Waals surface area (Å²) in [5, 5.41) is 2.79. The molecule has 0 bridgehead atoms. The Morgan fingerprint density at radius 1 is 0.750 bits per heavy atom. The normalized spacial score (nSPS) is 15.7. The standard InChI is InChI=1S/C19H37N5S4/c1-9-13(5)25-19-21-17(23-26-14(6)10-2)20-18(22-19)24(27-15(7)11-3)28-16(8)12-4/h13-16H,9-12H2,1-8H3,(H,20,21,22,23). The van der Waals surface area contributed by atoms with Crippen molar-refractivity contribution in [3.8, 4) is 0 Å². The first-order valence-corrected chi connectivity index (χ1v) is 13.7. The minimum atomic E-state index is 0.475. The van der Waals surface area contributed by atoms with Gasteiger partial charge in [0.2, 0.25) is 5.95 Å². The molecule has 4 unspecified atom stereocenters. The van der Waals surface area contributed by atoms with E-state index in [0.29, 0.717) is 26.9 Å². The molecule has 9 heteroatoms. The number of hydrogen-bond donors (Lipinski definition) is 1. The first-order valence-electron chi connectivity index (χ1n) is 10.3. The van der Waals surface area contributed by atoms with E-state index in [1.807, 2.05) is 23.9 Å². The lowest BCUT2D eigenvalue weighted by Crippen LogP contribution is -2.18. The van der Waals surface area contributed by atoms with Gasteiger partial charge in [-0.15, -0.1) is 0 Å². The minimum Gasteiger partial charge on any atom is -0.298 e. The van der Waals surface area contributed by atoms with Crippen LogP contribution in [0.25, 0.3) is 0 Å². The van der Waals surface area contributed by atoms with E-state index >= 15 is 0 Å². The second-order valence-electron chi connectivity index (χ2n) is 6.92. The Labute approximate surface area is 189 Å². The molecule has 0 spiro atoms. The van der Waals surface area contributed by atoms with Crippen molar-refractivity contribution in [3.05, 3.63) is 0 Å². The first-order chi connectivity index (χ1) is 13.3. The van der Waals surface area contributed by atoms with Crippen LogP contribution < -0.4 is 8.43 Å². The molecule has 1 rings (SSSR count). The smallest absolute Gasteiger partial charge is 0.252 e. The topological polar surface area (TPSA) is 53.9 Å². The second-order valence-corrected chi connectivity index (χ2v) is 12.6. The van der Waals surface area contributed by atoms with Crippen molar-refractivity contribution in [3.63, 3.8) is 0 Å². The molecule has 0 aliphatic rings. The van der Waals surface area contributed by atoms with Crippen LogP contribution in [0.3, 0.4) is 0 Å². The van der Waals surface area contributed by atoms with Crippen LogP contribution in [0.15, 0.2) is 5.16 Å². The van der Waals surface area contributed by atoms with Crippen LogP contribution in [0.2, 0.25) is 0 Å². The molecule has 1 aromatic rings. The lowest BCUT2D eigenvalue weighted by atomic mass is 10.4. The van der Waals surface area contributed by atoms with Crippen molar-refractivity contribution in [2.24, 2.45) is 0 Å². The van der Waals surface area contributed by atoms with Crippen LogP contribution in [-0.2, 0) is 0 Å². The van der Waals surface area contributed by atoms with Gasteiger partial charge >= 0.3 is 0 Å². The highest BCUT2D eigenvalue weighted by molar-refractivity contribution is 8.18. The molecule has 0 aliphatic carbocycles. The van der Waals surface area contributed by atoms with Gasteiger partial charge in [-0.05, 0) is 61.5 Å². The van der Waals surface area contributed by atoms with Gasteiger partial charge in [-0.25, -0.2) is 3.71 Å². The molecule has 1 N–H and O–H groups in total. The third-order valence-electron chi connectivity index (χ3n) is 4.28. The van der Waals surface area contributed by atoms with Crippen LogP contribution in [0, 0.1) is 0 Å². The van der Waals surface area contributed by atoms with E-state index in [4.69, 9.17) is 9.97 Å². The maximum Gasteiger partial charge on any atom is 0.252 e. The number of hydrogen-bond acceptors (Lipinski definition) is 9. The average molecular weight is 464 g/mol. The van der Waals surface area contributed by atoms with Gasteiger partial charge in [-0.2, -0.15) is 15.0 Å². The molecule has 0 fully saturated rings. The van der Waals surface area contributed by atoms with Crippen LogP contribution >= 0.6 is 47.6 Å². The van der Waals surface area contributed by atoms with Gasteiger partial charge in [0.15, 0.2) is 5.16 Å². The monoisotopic (exact) mass is 463 g/mol. The maximum atomic E-state index is 4.82. The van der Waals surface area contributed by atoms with E-state index in [-0.39, 0.29) is 0 Å². The van der Waals surface area contributed by atoms with Crippen molar-refractivity contribution < 1.29 is 0 Å². The molecule has 1 aromatic heterocycles. The van der Waals surface area contributed by atoms with Gasteiger partial charge in [0.05, 0.1) is 0 Å². The van der Waals surface area contributed by atoms with Crippen molar-refractivity contribution >= 4 is 59.5 Å². The van der Waals surface area contributed by atoms with Crippen LogP contribution in [0.1, 0.15) is 81.1 Å². The summed E-state index contributed by atoms with van der Waals surface area (Å²) in [4.78, 5) is 14.3. The number of thioether (sulfide) groups is 1. The molecular weight excluding hydrogens is 427 g/mol. The Kier molecular flexibility index (Phi) is 13.1. The molecule has 0 saturated carbocycles. The summed E-state index contributed by atoms with van der Waals surface area (Å²) in [5.74, 6) is 1.39. The maximum absolute atomic E-state index is 4.82. The van der Waals surface area contributed by atoms with Gasteiger partial charge in [0, 0.05) is 21.0 Å². The summed E-state index contributed by atoms with van der Waals surface area (Å²) in [5.41, 5.74) is 0. The molecule has 4 atom stereocenters. The number of nitrogens with one attached hydrogen (secondary N) is 1. The lowest BCUT2D eigenvalue weighted by molar-refractivity contribution is 0.869. The minimum absolute atomic E-state index is 0.475. The Morgan fingerprint density at radius 2 is 1.29 bits per heavy atom. The SMILES string of the molecule is CCC(C)SNc1nc(SC(C)CC)nc(N(SC(C)CC)SC(C)CC)n1. The van der Waals surface area contributed by atoms with Gasteiger partial charge in [0.25, 0.3) is 5.95 Å². The fourth-order valence-corrected chi connectivity index (χ4v) is 5.37. The Morgan fingerprint density at radius 3 is 1.79 bits per heavy atom. The summed E-state index contributed by atoms with van der Waals surface area (Å²) in [6, 6.07) is 0. The van der Waals surface area contributed by atoms with E-state index in [1.54, 1.807) is 23.7 Å². The first kappa shape index (κ1) is 26.0. The highest BCUT2D eigenvalue weighted by Crippen LogP contribution is 2.36. The molecular formula is C19H37N5S4. The molecule has 0 amide bonds. The van der Waals surface area contributed by atoms with Crippen LogP contribution in [0.4, 0.5) is 11.9 Å². The van der Waals surface area contributed by atoms with Crippen molar-refractivity contribution in [2.75, 3.05) is 8.43 Å². The highest BCUT2D eigenvalue weighted by atomic mass is 32.2. The van der Waals surface area contributed by atoms with Gasteiger partial charge in [-0.3, -0.25) is 4.72 Å². The van der Waals surface area contributed by atoms with Gasteiger partial charge < -0.3 is 0 Å². The van der Waals surface area contributed by atoms with E-state index in [0.717, 1.165) is 36.8 Å². The zero-order valence-corrected chi connectivity index (χ0v) is 21.8. The highest BCUT2D eigenvalue weighted by Gasteiger charge is 2.21. The Balaban J connectivity index is 3.18. The van der Waals surface area contributed by atoms with Crippen LogP contribution in [0.5, 0.6) is 0 Å². The second kappa shape index (κ2) is 14.1. The zero-order valence-electron chi connectivity index (χ0n) is 18.6. The summed E-state index contributed by atoms with van der Waals surface area (Å²) in [7, 11) is 0. The molecule has 0 saturated heterocycles. The summed E-state index contributed by atoms with van der Waals surface area (Å²) in [6.45, 7) is 17.8. The van der Waals surface area contributed by atoms with Gasteiger partial charge in [0.1, 0.15) is 0 Å². The fraction of sp³-hybridized carbons (Fsp3) is 0.842. The zero-order chi connectivity index (χ0) is 21.1. The van der Waals surface area contributed by atoms with Crippen LogP contribution in [-0.4, -0.2) is 36.0 Å². The third kappa shape index (κ3) is 9.67. The number of rotatable bonds is 14. The number of anilines is 2. The number of aromatic nitrogens is 3. The van der Waals surface area contributed by atoms with E-state index < -0.39 is 0 Å². The van der Waals surface area contributed by atoms with E-state index in [9.17, 15) is 0 Å². The van der Waals surface area contributed by atoms with Crippen molar-refractivity contribution in [1.82, 2.24) is 15.0 Å². The lowest BCUT2D eigenvalue weighted by Gasteiger charge is -2.25. The van der Waals surface area contributed by atoms with Crippen molar-refractivity contribution in [2.45, 2.75) is 107 Å². The summed E-state index contributed by atoms with van der Waals surface area (Å²) >= 11 is 7.02. The summed E-state index contributed by atoms with van der Waals surface area (Å²) < 4.78 is 5.55. The molecule has 162 valence electrons. The third-order valence-corrected chi connectivity index (χ3v) is 9.05. The molecule has 5 nitrogen and oxygen atoms in total. The quantitative estimate of drug-likeness (QED) is 0.226. The Hall–Kier alpha value is 0.01000. The molecule has 0 aromatic carbocycles. The van der Waals surface area contributed by atoms with E-state index in [1.165, 1.54) is 0 Å². The molecule has 0 radical (unpaired) electrons. The predicted octanol–water partition coefficient (Wildman–Crippen LogP) is 7.32. The fourth-order valence-electron chi connectivity index (χ4n) is 1.62. The average Bonchev–Trinajstić information content (AvgIpc) is 2.70. The predicted molar refractivity (Wildman–Crippen MR) is 134 cm³/mol. The molecule has 28 heavy (non-hydrogen) atoms. The molecule has 0 aliphatic heterocycles.